The molecule has 0 saturated carbocycles. The fourth-order valence-corrected chi connectivity index (χ4v) is 1.55. The summed E-state index contributed by atoms with van der Waals surface area (Å²) in [6, 6.07) is 6.82. The number of anilines is 1. The van der Waals surface area contributed by atoms with Crippen molar-refractivity contribution in [3.63, 3.8) is 0 Å². The Morgan fingerprint density at radius 2 is 1.95 bits per heavy atom. The minimum Gasteiger partial charge on any atom is -0.465 e. The smallest absolute Gasteiger partial charge is 0.341 e. The predicted molar refractivity (Wildman–Crippen MR) is 72.0 cm³/mol. The van der Waals surface area contributed by atoms with Gasteiger partial charge in [-0.15, -0.1) is 0 Å². The molecule has 0 aliphatic heterocycles. The SMILES string of the molecule is CNc1nc(C)nc(Oc2ccccc2C(=O)OC)n1. The third kappa shape index (κ3) is 3.00. The number of hydrogen-bond acceptors (Lipinski definition) is 7. The van der Waals surface area contributed by atoms with E-state index in [0.717, 1.165) is 0 Å². The number of nitrogens with one attached hydrogen (secondary N) is 1. The Hall–Kier alpha value is -2.70. The van der Waals surface area contributed by atoms with E-state index in [0.29, 0.717) is 23.1 Å². The number of aromatic nitrogens is 3. The van der Waals surface area contributed by atoms with Gasteiger partial charge in [0.15, 0.2) is 0 Å². The zero-order valence-corrected chi connectivity index (χ0v) is 11.4. The maximum Gasteiger partial charge on any atom is 0.341 e. The molecule has 1 aromatic carbocycles. The second kappa shape index (κ2) is 5.96. The van der Waals surface area contributed by atoms with E-state index in [9.17, 15) is 4.79 Å². The summed E-state index contributed by atoms with van der Waals surface area (Å²) in [6.45, 7) is 1.72. The van der Waals surface area contributed by atoms with Gasteiger partial charge in [-0.3, -0.25) is 0 Å². The van der Waals surface area contributed by atoms with Gasteiger partial charge in [-0.05, 0) is 19.1 Å². The van der Waals surface area contributed by atoms with Crippen molar-refractivity contribution in [2.24, 2.45) is 0 Å². The standard InChI is InChI=1S/C13H14N4O3/c1-8-15-12(14-2)17-13(16-8)20-10-7-5-4-6-9(10)11(18)19-3/h4-7H,1-3H3,(H,14,15,16,17). The van der Waals surface area contributed by atoms with Crippen molar-refractivity contribution in [3.8, 4) is 11.8 Å². The van der Waals surface area contributed by atoms with Gasteiger partial charge in [0.1, 0.15) is 17.1 Å². The lowest BCUT2D eigenvalue weighted by molar-refractivity contribution is 0.0598. The van der Waals surface area contributed by atoms with E-state index >= 15 is 0 Å². The van der Waals surface area contributed by atoms with Crippen LogP contribution in [0.2, 0.25) is 0 Å². The highest BCUT2D eigenvalue weighted by atomic mass is 16.5. The van der Waals surface area contributed by atoms with Crippen LogP contribution in [0, 0.1) is 6.92 Å². The minimum absolute atomic E-state index is 0.109. The summed E-state index contributed by atoms with van der Waals surface area (Å²) < 4.78 is 10.3. The van der Waals surface area contributed by atoms with Crippen LogP contribution in [0.1, 0.15) is 16.2 Å². The fourth-order valence-electron chi connectivity index (χ4n) is 1.55. The van der Waals surface area contributed by atoms with Crippen LogP contribution in [-0.2, 0) is 4.74 Å². The second-order valence-electron chi connectivity index (χ2n) is 3.83. The number of rotatable bonds is 4. The molecule has 0 amide bonds. The molecule has 2 rings (SSSR count). The maximum atomic E-state index is 11.6. The van der Waals surface area contributed by atoms with Crippen molar-refractivity contribution >= 4 is 11.9 Å². The average molecular weight is 274 g/mol. The van der Waals surface area contributed by atoms with Crippen LogP contribution in [0.3, 0.4) is 0 Å². The minimum atomic E-state index is -0.486. The molecule has 0 unspecified atom stereocenters. The molecular weight excluding hydrogens is 260 g/mol. The summed E-state index contributed by atoms with van der Waals surface area (Å²) in [4.78, 5) is 23.8. The van der Waals surface area contributed by atoms with Crippen LogP contribution in [0.25, 0.3) is 0 Å². The van der Waals surface area contributed by atoms with Crippen LogP contribution < -0.4 is 10.1 Å². The highest BCUT2D eigenvalue weighted by molar-refractivity contribution is 5.92. The van der Waals surface area contributed by atoms with Gasteiger partial charge in [-0.2, -0.15) is 15.0 Å². The Kier molecular flexibility index (Phi) is 4.09. The molecule has 0 aliphatic carbocycles. The molecule has 0 atom stereocenters. The quantitative estimate of drug-likeness (QED) is 0.850. The summed E-state index contributed by atoms with van der Waals surface area (Å²) in [6.07, 6.45) is 0. The van der Waals surface area contributed by atoms with E-state index in [4.69, 9.17) is 9.47 Å². The number of methoxy groups -OCH3 is 1. The molecule has 1 aromatic heterocycles. The molecule has 7 heteroatoms. The zero-order valence-electron chi connectivity index (χ0n) is 11.4. The highest BCUT2D eigenvalue weighted by Gasteiger charge is 2.14. The molecule has 7 nitrogen and oxygen atoms in total. The summed E-state index contributed by atoms with van der Waals surface area (Å²) >= 11 is 0. The van der Waals surface area contributed by atoms with Crippen LogP contribution in [-0.4, -0.2) is 35.1 Å². The number of esters is 1. The normalized spacial score (nSPS) is 9.95. The molecule has 0 spiro atoms. The lowest BCUT2D eigenvalue weighted by atomic mass is 10.2. The molecule has 2 aromatic rings. The maximum absolute atomic E-state index is 11.6. The van der Waals surface area contributed by atoms with Crippen LogP contribution in [0.4, 0.5) is 5.95 Å². The number of para-hydroxylation sites is 1. The number of carbonyl (C=O) groups excluding carboxylic acids is 1. The number of aryl methyl sites for hydroxylation is 1. The van der Waals surface area contributed by atoms with Gasteiger partial charge >= 0.3 is 12.0 Å². The van der Waals surface area contributed by atoms with E-state index in [1.807, 2.05) is 0 Å². The van der Waals surface area contributed by atoms with Crippen molar-refractivity contribution in [2.45, 2.75) is 6.92 Å². The topological polar surface area (TPSA) is 86.2 Å². The summed E-state index contributed by atoms with van der Waals surface area (Å²) in [5.74, 6) is 0.741. The predicted octanol–water partition coefficient (Wildman–Crippen LogP) is 1.80. The first-order valence-corrected chi connectivity index (χ1v) is 5.89. The number of ether oxygens (including phenoxy) is 2. The molecule has 104 valence electrons. The lowest BCUT2D eigenvalue weighted by Crippen LogP contribution is -2.06. The van der Waals surface area contributed by atoms with Crippen LogP contribution >= 0.6 is 0 Å². The largest absolute Gasteiger partial charge is 0.465 e. The summed E-state index contributed by atoms with van der Waals surface area (Å²) in [5.41, 5.74) is 0.305. The number of hydrogen-bond donors (Lipinski definition) is 1. The molecular formula is C13H14N4O3. The van der Waals surface area contributed by atoms with Crippen molar-refractivity contribution in [1.29, 1.82) is 0 Å². The van der Waals surface area contributed by atoms with Crippen LogP contribution in [0.5, 0.6) is 11.8 Å². The van der Waals surface area contributed by atoms with Crippen molar-refractivity contribution in [2.75, 3.05) is 19.5 Å². The van der Waals surface area contributed by atoms with Crippen LogP contribution in [0.15, 0.2) is 24.3 Å². The molecule has 0 aliphatic rings. The Balaban J connectivity index is 2.35. The van der Waals surface area contributed by atoms with Crippen molar-refractivity contribution < 1.29 is 14.3 Å². The van der Waals surface area contributed by atoms with E-state index in [2.05, 4.69) is 20.3 Å². The van der Waals surface area contributed by atoms with E-state index in [-0.39, 0.29) is 6.01 Å². The monoisotopic (exact) mass is 274 g/mol. The number of carbonyl (C=O) groups is 1. The second-order valence-corrected chi connectivity index (χ2v) is 3.83. The molecule has 0 bridgehead atoms. The van der Waals surface area contributed by atoms with Gasteiger partial charge in [0.05, 0.1) is 7.11 Å². The number of nitrogens with zero attached hydrogens (tertiary/aromatic N) is 3. The first kappa shape index (κ1) is 13.7. The third-order valence-electron chi connectivity index (χ3n) is 2.44. The van der Waals surface area contributed by atoms with Gasteiger partial charge in [0, 0.05) is 7.05 Å². The highest BCUT2D eigenvalue weighted by Crippen LogP contribution is 2.23. The lowest BCUT2D eigenvalue weighted by Gasteiger charge is -2.09. The molecule has 0 saturated heterocycles. The van der Waals surface area contributed by atoms with E-state index < -0.39 is 5.97 Å². The van der Waals surface area contributed by atoms with E-state index in [1.54, 1.807) is 38.2 Å². The first-order chi connectivity index (χ1) is 9.63. The third-order valence-corrected chi connectivity index (χ3v) is 2.44. The first-order valence-electron chi connectivity index (χ1n) is 5.89. The summed E-state index contributed by atoms with van der Waals surface area (Å²) in [7, 11) is 3.01. The Morgan fingerprint density at radius 3 is 2.65 bits per heavy atom. The van der Waals surface area contributed by atoms with Crippen molar-refractivity contribution in [3.05, 3.63) is 35.7 Å². The fraction of sp³-hybridized carbons (Fsp3) is 0.231. The van der Waals surface area contributed by atoms with E-state index in [1.165, 1.54) is 7.11 Å². The number of benzene rings is 1. The van der Waals surface area contributed by atoms with Crippen molar-refractivity contribution in [1.82, 2.24) is 15.0 Å². The molecule has 0 radical (unpaired) electrons. The van der Waals surface area contributed by atoms with Gasteiger partial charge in [0.25, 0.3) is 0 Å². The molecule has 1 N–H and O–H groups in total. The molecule has 20 heavy (non-hydrogen) atoms. The van der Waals surface area contributed by atoms with Gasteiger partial charge < -0.3 is 14.8 Å². The summed E-state index contributed by atoms with van der Waals surface area (Å²) in [5, 5.41) is 2.81. The molecule has 0 fully saturated rings. The molecule has 1 heterocycles. The Labute approximate surface area is 116 Å². The Morgan fingerprint density at radius 1 is 1.20 bits per heavy atom. The zero-order chi connectivity index (χ0) is 14.5. The average Bonchev–Trinajstić information content (AvgIpc) is 2.46. The van der Waals surface area contributed by atoms with Gasteiger partial charge in [-0.1, -0.05) is 12.1 Å². The van der Waals surface area contributed by atoms with Gasteiger partial charge in [-0.25, -0.2) is 4.79 Å². The Bertz CT molecular complexity index is 631. The van der Waals surface area contributed by atoms with Gasteiger partial charge in [0.2, 0.25) is 5.95 Å².